The van der Waals surface area contributed by atoms with Gasteiger partial charge in [-0.25, -0.2) is 4.79 Å². The number of Topliss-reactive ketones (excluding diaryl/α,β-unsaturated/α-hetero) is 2. The first-order valence-corrected chi connectivity index (χ1v) is 29.0. The largest absolute Gasteiger partial charge is 0.511 e. The topological polar surface area (TPSA) is 257 Å². The number of allylic oxidation sites excluding steroid dienone is 4. The normalized spacial score (nSPS) is 50.0. The summed E-state index contributed by atoms with van der Waals surface area (Å²) in [5.74, 6) is -5.27. The summed E-state index contributed by atoms with van der Waals surface area (Å²) in [5.41, 5.74) is -1.59. The van der Waals surface area contributed by atoms with Crippen LogP contribution in [0, 0.1) is 58.2 Å². The molecule has 4 aliphatic carbocycles. The summed E-state index contributed by atoms with van der Waals surface area (Å²) in [5, 5.41) is 79.7. The van der Waals surface area contributed by atoms with Crippen molar-refractivity contribution in [2.75, 3.05) is 6.61 Å². The lowest BCUT2D eigenvalue weighted by Crippen LogP contribution is -2.57. The van der Waals surface area contributed by atoms with Gasteiger partial charge in [0.05, 0.1) is 48.8 Å². The molecule has 1 saturated carbocycles. The van der Waals surface area contributed by atoms with E-state index in [4.69, 9.17) is 33.2 Å². The Morgan fingerprint density at radius 2 is 1.29 bits per heavy atom. The molecule has 17 heteroatoms. The minimum atomic E-state index is -1.62. The number of esters is 1. The fourth-order valence-electron chi connectivity index (χ4n) is 15.7. The molecule has 4 saturated heterocycles. The highest BCUT2D eigenvalue weighted by molar-refractivity contribution is 6.26. The number of ketones is 2. The van der Waals surface area contributed by atoms with E-state index in [1.807, 2.05) is 54.5 Å². The van der Waals surface area contributed by atoms with Crippen molar-refractivity contribution in [3.05, 3.63) is 46.3 Å². The van der Waals surface area contributed by atoms with Gasteiger partial charge in [-0.15, -0.1) is 0 Å². The van der Waals surface area contributed by atoms with Gasteiger partial charge in [-0.3, -0.25) is 9.59 Å². The van der Waals surface area contributed by atoms with E-state index in [9.17, 15) is 45.3 Å². The second-order valence-electron chi connectivity index (χ2n) is 25.2. The molecule has 8 rings (SSSR count). The highest BCUT2D eigenvalue weighted by atomic mass is 16.7. The number of hydrogen-bond donors (Lipinski definition) is 7. The van der Waals surface area contributed by atoms with Gasteiger partial charge in [-0.1, -0.05) is 89.8 Å². The van der Waals surface area contributed by atoms with Crippen molar-refractivity contribution in [3.63, 3.8) is 0 Å². The Kier molecular flexibility index (Phi) is 18.4. The summed E-state index contributed by atoms with van der Waals surface area (Å²) < 4.78 is 44.4. The number of rotatable bonds is 9. The van der Waals surface area contributed by atoms with Crippen molar-refractivity contribution in [1.82, 2.24) is 0 Å². The summed E-state index contributed by atoms with van der Waals surface area (Å²) in [7, 11) is 0. The Bertz CT molecular complexity index is 2260. The summed E-state index contributed by atoms with van der Waals surface area (Å²) >= 11 is 0. The average Bonchev–Trinajstić information content (AvgIpc) is 3.67. The second kappa shape index (κ2) is 23.5. The third-order valence-electron chi connectivity index (χ3n) is 20.0. The molecule has 0 radical (unpaired) electrons. The number of aliphatic hydroxyl groups excluding tert-OH is 7. The second-order valence-corrected chi connectivity index (χ2v) is 25.2. The summed E-state index contributed by atoms with van der Waals surface area (Å²) in [6.07, 6.45) is -2.54. The van der Waals surface area contributed by atoms with Crippen LogP contribution < -0.4 is 0 Å². The van der Waals surface area contributed by atoms with Crippen LogP contribution in [0.2, 0.25) is 0 Å². The lowest BCUT2D eigenvalue weighted by molar-refractivity contribution is -0.336. The Hall–Kier alpha value is -2.91. The van der Waals surface area contributed by atoms with Crippen LogP contribution in [-0.2, 0) is 47.5 Å². The third-order valence-corrected chi connectivity index (χ3v) is 20.0. The minimum absolute atomic E-state index is 0.0265. The van der Waals surface area contributed by atoms with E-state index >= 15 is 4.79 Å². The highest BCUT2D eigenvalue weighted by Crippen LogP contribution is 2.64. The lowest BCUT2D eigenvalue weighted by Gasteiger charge is -2.56. The van der Waals surface area contributed by atoms with E-state index in [-0.39, 0.29) is 80.0 Å². The molecule has 4 heterocycles. The number of carbonyl (C=O) groups is 3. The van der Waals surface area contributed by atoms with Gasteiger partial charge in [0.2, 0.25) is 5.78 Å². The molecular weight excluding hydrogens is 993 g/mol. The number of hydrogen-bond acceptors (Lipinski definition) is 17. The number of carbonyl (C=O) groups excluding carboxylic acids is 3. The number of ether oxygens (including phenoxy) is 7. The predicted octanol–water partition coefficient (Wildman–Crippen LogP) is 6.63. The van der Waals surface area contributed by atoms with Crippen molar-refractivity contribution in [1.29, 1.82) is 0 Å². The van der Waals surface area contributed by atoms with Crippen LogP contribution in [0.1, 0.15) is 154 Å². The molecule has 8 aliphatic rings. The van der Waals surface area contributed by atoms with Crippen LogP contribution in [0.4, 0.5) is 0 Å². The van der Waals surface area contributed by atoms with Gasteiger partial charge in [-0.05, 0) is 90.4 Å². The predicted molar refractivity (Wildman–Crippen MR) is 282 cm³/mol. The van der Waals surface area contributed by atoms with E-state index in [1.165, 1.54) is 0 Å². The van der Waals surface area contributed by atoms with E-state index < -0.39 is 144 Å². The van der Waals surface area contributed by atoms with E-state index in [2.05, 4.69) is 26.0 Å². The Balaban J connectivity index is 1.09. The van der Waals surface area contributed by atoms with Crippen LogP contribution in [0.25, 0.3) is 0 Å². The smallest absolute Gasteiger partial charge is 0.346 e. The van der Waals surface area contributed by atoms with Crippen LogP contribution in [0.15, 0.2) is 46.3 Å². The van der Waals surface area contributed by atoms with E-state index in [1.54, 1.807) is 20.8 Å². The molecule has 4 aliphatic heterocycles. The molecule has 0 amide bonds. The zero-order valence-corrected chi connectivity index (χ0v) is 47.6. The third kappa shape index (κ3) is 11.0. The van der Waals surface area contributed by atoms with Crippen LogP contribution >= 0.6 is 0 Å². The highest BCUT2D eigenvalue weighted by Gasteiger charge is 2.67. The molecule has 17 nitrogen and oxygen atoms in total. The zero-order valence-electron chi connectivity index (χ0n) is 47.6. The van der Waals surface area contributed by atoms with Crippen molar-refractivity contribution in [2.45, 2.75) is 245 Å². The zero-order chi connectivity index (χ0) is 56.4. The van der Waals surface area contributed by atoms with Crippen LogP contribution in [0.5, 0.6) is 0 Å². The summed E-state index contributed by atoms with van der Waals surface area (Å²) in [4.78, 5) is 44.3. The standard InChI is InChI=1S/C60H92O17/c1-13-38-20-37(27-61)18-30(5)52(74-46-23-43(65)54(35(10)72-46)76-47-24-44(66)53(36(11)73-47)75-45-22-42(64)51(67)34(9)71-45)28(3)16-15-17-58(12)25-31(6)32(7)26-60(58)56(69)48(57(70)77-60)55(68)59(14-2)49(38)29(4)19-39-41(63)21-40(62)33(8)50(39)59/h19-20,25,28,30,32-37,39,41-47,49-54,61,63-68H,13-18,21-24,26-27H2,1-12H3/b38-20+,55-48+/t28-,30-,32-,33+,34-,35-,36-,37-,39-,41+,42+,43+,44+,45+,46+,47+,49+,50-,51-,52?,53-,54-,58-,59-,60-/m1/s1. The monoisotopic (exact) mass is 1080 g/mol. The maximum atomic E-state index is 15.7. The van der Waals surface area contributed by atoms with Gasteiger partial charge in [0, 0.05) is 73.2 Å². The average molecular weight is 1090 g/mol. The number of aliphatic hydroxyl groups is 7. The first-order valence-electron chi connectivity index (χ1n) is 29.0. The molecule has 77 heavy (non-hydrogen) atoms. The summed E-state index contributed by atoms with van der Waals surface area (Å²) in [6.45, 7) is 22.9. The van der Waals surface area contributed by atoms with Crippen LogP contribution in [-0.4, -0.2) is 152 Å². The first-order chi connectivity index (χ1) is 36.3. The van der Waals surface area contributed by atoms with E-state index in [0.717, 1.165) is 16.7 Å². The van der Waals surface area contributed by atoms with E-state index in [0.29, 0.717) is 32.1 Å². The molecule has 0 aromatic rings. The van der Waals surface area contributed by atoms with Gasteiger partial charge in [0.15, 0.2) is 24.5 Å². The van der Waals surface area contributed by atoms with Crippen LogP contribution in [0.3, 0.4) is 0 Å². The molecule has 0 aromatic carbocycles. The van der Waals surface area contributed by atoms with Gasteiger partial charge in [-0.2, -0.15) is 0 Å². The molecule has 434 valence electrons. The van der Waals surface area contributed by atoms with Gasteiger partial charge < -0.3 is 68.9 Å². The molecule has 2 bridgehead atoms. The van der Waals surface area contributed by atoms with Crippen molar-refractivity contribution >= 4 is 17.5 Å². The SMILES string of the molecule is CC/C1=C\[C@H](CO)C[C@@H](C)C(O[C@H]2C[C@H](O)[C@H](O[C@H]3C[C@H](O)[C@H](O[C@H]4C[C@H](O)[C@H](O)[C@@H](C)O4)[C@@H](C)O3)[C@@H](C)O2)[C@H](C)CCC[C@]2(C)C=C(C)[C@H](C)C[C@]23OC(=O)/C(=C(/O)[C@@]2(CC)[C@H]4[C@H](C=C(C)[C@@H]12)[C@@H](O)CC(=O)[C@@H]4C)C3=O. The fourth-order valence-corrected chi connectivity index (χ4v) is 15.7. The van der Waals surface area contributed by atoms with Gasteiger partial charge in [0.25, 0.3) is 0 Å². The molecule has 1 unspecified atom stereocenters. The fraction of sp³-hybridized carbons (Fsp3) is 0.817. The first kappa shape index (κ1) is 60.2. The molecule has 7 N–H and O–H groups in total. The Morgan fingerprint density at radius 1 is 0.714 bits per heavy atom. The maximum absolute atomic E-state index is 15.7. The van der Waals surface area contributed by atoms with Crippen molar-refractivity contribution in [3.8, 4) is 0 Å². The molecule has 0 aromatic heterocycles. The molecular formula is C60H92O17. The molecule has 5 fully saturated rings. The summed E-state index contributed by atoms with van der Waals surface area (Å²) in [6, 6.07) is 0. The quantitative estimate of drug-likeness (QED) is 0.0727. The number of fused-ring (bicyclic) bond motifs is 4. The molecule has 25 atom stereocenters. The Morgan fingerprint density at radius 3 is 1.83 bits per heavy atom. The lowest BCUT2D eigenvalue weighted by atomic mass is 9.47. The van der Waals surface area contributed by atoms with Crippen molar-refractivity contribution < 1.29 is 83.3 Å². The maximum Gasteiger partial charge on any atom is 0.346 e. The van der Waals surface area contributed by atoms with Gasteiger partial charge >= 0.3 is 5.97 Å². The van der Waals surface area contributed by atoms with Gasteiger partial charge in [0.1, 0.15) is 35.4 Å². The molecule has 1 spiro atoms. The van der Waals surface area contributed by atoms with Crippen molar-refractivity contribution in [2.24, 2.45) is 58.2 Å². The minimum Gasteiger partial charge on any atom is -0.511 e. The Labute approximate surface area is 455 Å².